The van der Waals surface area contributed by atoms with Gasteiger partial charge in [-0.05, 0) is 24.3 Å². The number of amides is 1. The van der Waals surface area contributed by atoms with Crippen LogP contribution in [-0.4, -0.2) is 23.0 Å². The zero-order chi connectivity index (χ0) is 15.1. The predicted octanol–water partition coefficient (Wildman–Crippen LogP) is 2.80. The Balaban J connectivity index is 2.78. The van der Waals surface area contributed by atoms with E-state index in [9.17, 15) is 14.7 Å². The summed E-state index contributed by atoms with van der Waals surface area (Å²) in [6.45, 7) is 5.81. The molecule has 1 amide bonds. The molecule has 1 rings (SSSR count). The van der Waals surface area contributed by atoms with Crippen molar-refractivity contribution in [3.63, 3.8) is 0 Å². The van der Waals surface area contributed by atoms with Crippen LogP contribution in [0, 0.1) is 5.92 Å². The number of carboxylic acid groups (broad SMARTS) is 1. The van der Waals surface area contributed by atoms with Crippen LogP contribution in [0.1, 0.15) is 45.1 Å². The van der Waals surface area contributed by atoms with E-state index < -0.39 is 12.0 Å². The molecule has 20 heavy (non-hydrogen) atoms. The van der Waals surface area contributed by atoms with Gasteiger partial charge in [-0.3, -0.25) is 4.79 Å². The molecular formula is C16H23NO3. The van der Waals surface area contributed by atoms with Gasteiger partial charge in [-0.1, -0.05) is 51.1 Å². The summed E-state index contributed by atoms with van der Waals surface area (Å²) in [4.78, 5) is 23.5. The van der Waals surface area contributed by atoms with E-state index in [4.69, 9.17) is 0 Å². The molecule has 4 nitrogen and oxygen atoms in total. The van der Waals surface area contributed by atoms with Crippen LogP contribution >= 0.6 is 0 Å². The van der Waals surface area contributed by atoms with Gasteiger partial charge in [-0.25, -0.2) is 4.79 Å². The van der Waals surface area contributed by atoms with E-state index >= 15 is 0 Å². The Hall–Kier alpha value is -1.84. The van der Waals surface area contributed by atoms with Crippen molar-refractivity contribution in [3.8, 4) is 0 Å². The van der Waals surface area contributed by atoms with Crippen molar-refractivity contribution in [3.05, 3.63) is 35.9 Å². The first-order valence-electron chi connectivity index (χ1n) is 7.03. The van der Waals surface area contributed by atoms with Crippen LogP contribution in [-0.2, 0) is 9.59 Å². The van der Waals surface area contributed by atoms with Gasteiger partial charge in [0.15, 0.2) is 0 Å². The lowest BCUT2D eigenvalue weighted by Gasteiger charge is -2.21. The van der Waals surface area contributed by atoms with Gasteiger partial charge in [0.1, 0.15) is 6.04 Å². The number of rotatable bonds is 7. The minimum Gasteiger partial charge on any atom is -0.480 e. The van der Waals surface area contributed by atoms with E-state index in [1.807, 2.05) is 51.1 Å². The van der Waals surface area contributed by atoms with Crippen molar-refractivity contribution in [1.82, 2.24) is 5.32 Å². The molecule has 2 atom stereocenters. The fourth-order valence-corrected chi connectivity index (χ4v) is 2.22. The molecule has 0 heterocycles. The average Bonchev–Trinajstić information content (AvgIpc) is 2.39. The lowest BCUT2D eigenvalue weighted by molar-refractivity contribution is -0.142. The fourth-order valence-electron chi connectivity index (χ4n) is 2.22. The Morgan fingerprint density at radius 2 is 1.80 bits per heavy atom. The van der Waals surface area contributed by atoms with E-state index in [0.717, 1.165) is 5.56 Å². The maximum atomic E-state index is 12.3. The molecule has 2 N–H and O–H groups in total. The number of carbonyl (C=O) groups is 2. The molecule has 0 radical (unpaired) electrons. The molecular weight excluding hydrogens is 254 g/mol. The van der Waals surface area contributed by atoms with Crippen molar-refractivity contribution < 1.29 is 14.7 Å². The molecule has 0 bridgehead atoms. The number of nitrogens with one attached hydrogen (secondary N) is 1. The molecule has 0 aliphatic heterocycles. The first kappa shape index (κ1) is 16.2. The largest absolute Gasteiger partial charge is 0.480 e. The van der Waals surface area contributed by atoms with Gasteiger partial charge in [0.25, 0.3) is 0 Å². The smallest absolute Gasteiger partial charge is 0.326 e. The van der Waals surface area contributed by atoms with Gasteiger partial charge in [-0.15, -0.1) is 0 Å². The number of carboxylic acids is 1. The average molecular weight is 277 g/mol. The summed E-state index contributed by atoms with van der Waals surface area (Å²) in [6.07, 6.45) is 1.08. The quantitative estimate of drug-likeness (QED) is 0.805. The van der Waals surface area contributed by atoms with E-state index in [0.29, 0.717) is 12.8 Å². The SMILES string of the molecule is CCC(C(=O)N[C@@H](CC(C)C)C(=O)O)c1ccccc1. The second-order valence-electron chi connectivity index (χ2n) is 5.40. The molecule has 0 aliphatic rings. The molecule has 110 valence electrons. The Bertz CT molecular complexity index is 442. The standard InChI is InChI=1S/C16H23NO3/c1-4-13(12-8-6-5-7-9-12)15(18)17-14(16(19)20)10-11(2)3/h5-9,11,13-14H,4,10H2,1-3H3,(H,17,18)(H,19,20)/t13?,14-/m0/s1. The second kappa shape index (κ2) is 7.68. The molecule has 4 heteroatoms. The third kappa shape index (κ3) is 4.68. The number of hydrogen-bond donors (Lipinski definition) is 2. The second-order valence-corrected chi connectivity index (χ2v) is 5.40. The third-order valence-electron chi connectivity index (χ3n) is 3.25. The summed E-state index contributed by atoms with van der Waals surface area (Å²) in [5, 5.41) is 11.8. The number of aliphatic carboxylic acids is 1. The van der Waals surface area contributed by atoms with Crippen molar-refractivity contribution in [2.75, 3.05) is 0 Å². The molecule has 0 spiro atoms. The van der Waals surface area contributed by atoms with Crippen LogP contribution in [0.25, 0.3) is 0 Å². The van der Waals surface area contributed by atoms with Gasteiger partial charge in [0.05, 0.1) is 5.92 Å². The van der Waals surface area contributed by atoms with Gasteiger partial charge in [-0.2, -0.15) is 0 Å². The number of hydrogen-bond acceptors (Lipinski definition) is 2. The van der Waals surface area contributed by atoms with E-state index in [-0.39, 0.29) is 17.7 Å². The summed E-state index contributed by atoms with van der Waals surface area (Å²) in [6, 6.07) is 8.63. The molecule has 1 unspecified atom stereocenters. The Morgan fingerprint density at radius 3 is 2.25 bits per heavy atom. The lowest BCUT2D eigenvalue weighted by atomic mass is 9.94. The summed E-state index contributed by atoms with van der Waals surface area (Å²) in [5.41, 5.74) is 0.918. The monoisotopic (exact) mass is 277 g/mol. The molecule has 1 aromatic rings. The van der Waals surface area contributed by atoms with Crippen molar-refractivity contribution in [1.29, 1.82) is 0 Å². The molecule has 0 saturated carbocycles. The van der Waals surface area contributed by atoms with E-state index in [1.165, 1.54) is 0 Å². The van der Waals surface area contributed by atoms with Crippen LogP contribution in [0.5, 0.6) is 0 Å². The van der Waals surface area contributed by atoms with Gasteiger partial charge >= 0.3 is 5.97 Å². The van der Waals surface area contributed by atoms with Crippen LogP contribution < -0.4 is 5.32 Å². The summed E-state index contributed by atoms with van der Waals surface area (Å²) in [7, 11) is 0. The summed E-state index contributed by atoms with van der Waals surface area (Å²) < 4.78 is 0. The molecule has 0 saturated heterocycles. The van der Waals surface area contributed by atoms with Crippen molar-refractivity contribution in [2.24, 2.45) is 5.92 Å². The maximum Gasteiger partial charge on any atom is 0.326 e. The van der Waals surface area contributed by atoms with Gasteiger partial charge in [0.2, 0.25) is 5.91 Å². The first-order valence-corrected chi connectivity index (χ1v) is 7.03. The van der Waals surface area contributed by atoms with Crippen LogP contribution in [0.3, 0.4) is 0 Å². The third-order valence-corrected chi connectivity index (χ3v) is 3.25. The van der Waals surface area contributed by atoms with Gasteiger partial charge < -0.3 is 10.4 Å². The van der Waals surface area contributed by atoms with Crippen LogP contribution in [0.15, 0.2) is 30.3 Å². The zero-order valence-corrected chi connectivity index (χ0v) is 12.3. The first-order chi connectivity index (χ1) is 9.45. The summed E-state index contributed by atoms with van der Waals surface area (Å²) >= 11 is 0. The maximum absolute atomic E-state index is 12.3. The molecule has 0 fully saturated rings. The summed E-state index contributed by atoms with van der Waals surface area (Å²) in [5.74, 6) is -1.28. The minimum absolute atomic E-state index is 0.216. The van der Waals surface area contributed by atoms with Gasteiger partial charge in [0, 0.05) is 0 Å². The zero-order valence-electron chi connectivity index (χ0n) is 12.3. The highest BCUT2D eigenvalue weighted by atomic mass is 16.4. The lowest BCUT2D eigenvalue weighted by Crippen LogP contribution is -2.43. The molecule has 0 aromatic heterocycles. The Morgan fingerprint density at radius 1 is 1.20 bits per heavy atom. The predicted molar refractivity (Wildman–Crippen MR) is 78.5 cm³/mol. The van der Waals surface area contributed by atoms with E-state index in [2.05, 4.69) is 5.32 Å². The highest BCUT2D eigenvalue weighted by Crippen LogP contribution is 2.20. The number of benzene rings is 1. The van der Waals surface area contributed by atoms with Crippen LogP contribution in [0.4, 0.5) is 0 Å². The molecule has 0 aliphatic carbocycles. The number of carbonyl (C=O) groups excluding carboxylic acids is 1. The normalized spacial score (nSPS) is 13.8. The highest BCUT2D eigenvalue weighted by molar-refractivity contribution is 5.88. The van der Waals surface area contributed by atoms with E-state index in [1.54, 1.807) is 0 Å². The van der Waals surface area contributed by atoms with Crippen molar-refractivity contribution in [2.45, 2.75) is 45.6 Å². The minimum atomic E-state index is -0.977. The molecule has 1 aromatic carbocycles. The Kier molecular flexibility index (Phi) is 6.22. The topological polar surface area (TPSA) is 66.4 Å². The Labute approximate surface area is 120 Å². The fraction of sp³-hybridized carbons (Fsp3) is 0.500. The van der Waals surface area contributed by atoms with Crippen LogP contribution in [0.2, 0.25) is 0 Å². The van der Waals surface area contributed by atoms with Crippen molar-refractivity contribution >= 4 is 11.9 Å². The highest BCUT2D eigenvalue weighted by Gasteiger charge is 2.25.